The Morgan fingerprint density at radius 3 is 1.93 bits per heavy atom. The van der Waals surface area contributed by atoms with E-state index >= 15 is 0 Å². The molecule has 3 N–H and O–H groups in total. The highest BCUT2D eigenvalue weighted by atomic mass is 16.4. The van der Waals surface area contributed by atoms with Gasteiger partial charge in [-0.25, -0.2) is 0 Å². The number of carbonyl (C=O) groups excluding carboxylic acids is 2. The van der Waals surface area contributed by atoms with Gasteiger partial charge in [0.2, 0.25) is 5.91 Å². The molecule has 0 aliphatic rings. The van der Waals surface area contributed by atoms with Crippen molar-refractivity contribution in [3.63, 3.8) is 0 Å². The molecule has 0 aromatic heterocycles. The number of carboxylic acid groups (broad SMARTS) is 1. The van der Waals surface area contributed by atoms with E-state index in [2.05, 4.69) is 10.6 Å². The number of carboxylic acids is 1. The zero-order chi connectivity index (χ0) is 12.3. The van der Waals surface area contributed by atoms with Crippen LogP contribution < -0.4 is 10.6 Å². The van der Waals surface area contributed by atoms with Crippen LogP contribution in [-0.2, 0) is 14.4 Å². The van der Waals surface area contributed by atoms with Crippen molar-refractivity contribution < 1.29 is 19.5 Å². The molecule has 0 bridgehead atoms. The van der Waals surface area contributed by atoms with E-state index in [9.17, 15) is 14.4 Å². The van der Waals surface area contributed by atoms with Gasteiger partial charge < -0.3 is 15.7 Å². The minimum Gasteiger partial charge on any atom is -0.481 e. The number of nitrogens with one attached hydrogen (secondary N) is 2. The molecule has 0 saturated heterocycles. The first-order valence-electron chi connectivity index (χ1n) is 4.56. The summed E-state index contributed by atoms with van der Waals surface area (Å²) in [5, 5.41) is 12.8. The van der Waals surface area contributed by atoms with E-state index in [0.717, 1.165) is 0 Å². The summed E-state index contributed by atoms with van der Waals surface area (Å²) in [6, 6.07) is 0. The van der Waals surface area contributed by atoms with Crippen molar-refractivity contribution in [3.05, 3.63) is 0 Å². The molecule has 0 saturated carbocycles. The number of aliphatic carboxylic acids is 1. The molecule has 15 heavy (non-hydrogen) atoms. The molecule has 0 atom stereocenters. The molecule has 0 aliphatic heterocycles. The monoisotopic (exact) mass is 218 g/mol. The minimum absolute atomic E-state index is 0.0375. The van der Waals surface area contributed by atoms with E-state index in [4.69, 9.17) is 5.11 Å². The summed E-state index contributed by atoms with van der Waals surface area (Å²) in [5.41, 5.74) is 0. The molecule has 6 heteroatoms. The molecule has 88 valence electrons. The normalized spacial score (nSPS) is 8.47. The molecule has 0 unspecified atom stereocenters. The Morgan fingerprint density at radius 2 is 1.67 bits per heavy atom. The predicted molar refractivity (Wildman–Crippen MR) is 55.5 cm³/mol. The molecule has 6 nitrogen and oxygen atoms in total. The molecular weight excluding hydrogens is 200 g/mol. The summed E-state index contributed by atoms with van der Waals surface area (Å²) in [7, 11) is 1.67. The lowest BCUT2D eigenvalue weighted by atomic mass is 10.4. The number of Topliss-reactive ketones (excluding diaryl/α,β-unsaturated/α-hetero) is 1. The molecule has 1 amide bonds. The first-order valence-corrected chi connectivity index (χ1v) is 4.56. The highest BCUT2D eigenvalue weighted by Gasteiger charge is 1.98. The number of likely N-dealkylation sites (N-methyl/N-ethyl adjacent to an activating group) is 1. The van der Waals surface area contributed by atoms with E-state index in [0.29, 0.717) is 0 Å². The Kier molecular flexibility index (Phi) is 11.4. The maximum atomic E-state index is 10.6. The highest BCUT2D eigenvalue weighted by molar-refractivity contribution is 5.85. The van der Waals surface area contributed by atoms with Crippen LogP contribution in [0.2, 0.25) is 0 Å². The predicted octanol–water partition coefficient (Wildman–Crippen LogP) is -0.608. The fraction of sp³-hybridized carbons (Fsp3) is 0.667. The lowest BCUT2D eigenvalue weighted by Crippen LogP contribution is -2.34. The zero-order valence-corrected chi connectivity index (χ0v) is 9.29. The van der Waals surface area contributed by atoms with Crippen molar-refractivity contribution in [2.45, 2.75) is 20.3 Å². The number of ketones is 1. The van der Waals surface area contributed by atoms with Crippen LogP contribution in [0.3, 0.4) is 0 Å². The Hall–Kier alpha value is -1.43. The number of hydrogen-bond acceptors (Lipinski definition) is 4. The van der Waals surface area contributed by atoms with Gasteiger partial charge in [-0.05, 0) is 14.0 Å². The standard InChI is InChI=1S/C6H12N2O2.C3H6O2/c1-5(9)3-8-6(10)4-7-2;1-2-3(4)5/h7H,3-4H2,1-2H3,(H,8,10);2H2,1H3,(H,4,5). The Balaban J connectivity index is 0. The van der Waals surface area contributed by atoms with Crippen molar-refractivity contribution >= 4 is 17.7 Å². The van der Waals surface area contributed by atoms with Gasteiger partial charge in [-0.15, -0.1) is 0 Å². The topological polar surface area (TPSA) is 95.5 Å². The van der Waals surface area contributed by atoms with Gasteiger partial charge in [0, 0.05) is 6.42 Å². The molecule has 0 heterocycles. The summed E-state index contributed by atoms with van der Waals surface area (Å²) in [4.78, 5) is 30.3. The van der Waals surface area contributed by atoms with Crippen LogP contribution in [-0.4, -0.2) is 42.9 Å². The minimum atomic E-state index is -0.745. The van der Waals surface area contributed by atoms with E-state index in [1.165, 1.54) is 6.92 Å². The summed E-state index contributed by atoms with van der Waals surface area (Å²) in [6.45, 7) is 3.41. The number of amides is 1. The zero-order valence-electron chi connectivity index (χ0n) is 9.29. The van der Waals surface area contributed by atoms with Gasteiger partial charge in [-0.3, -0.25) is 14.4 Å². The molecule has 0 aliphatic carbocycles. The number of hydrogen-bond donors (Lipinski definition) is 3. The summed E-state index contributed by atoms with van der Waals surface area (Å²) < 4.78 is 0. The third-order valence-electron chi connectivity index (χ3n) is 1.17. The fourth-order valence-electron chi connectivity index (χ4n) is 0.446. The van der Waals surface area contributed by atoms with Crippen LogP contribution in [0.4, 0.5) is 0 Å². The quantitative estimate of drug-likeness (QED) is 0.572. The van der Waals surface area contributed by atoms with Crippen LogP contribution in [0.1, 0.15) is 20.3 Å². The number of carbonyl (C=O) groups is 3. The van der Waals surface area contributed by atoms with Gasteiger partial charge in [0.1, 0.15) is 5.78 Å². The SMILES string of the molecule is CCC(=O)O.CNCC(=O)NCC(C)=O. The average molecular weight is 218 g/mol. The van der Waals surface area contributed by atoms with Crippen molar-refractivity contribution in [3.8, 4) is 0 Å². The van der Waals surface area contributed by atoms with Gasteiger partial charge in [0.25, 0.3) is 0 Å². The third-order valence-corrected chi connectivity index (χ3v) is 1.17. The third kappa shape index (κ3) is 19.1. The summed E-state index contributed by atoms with van der Waals surface area (Å²) in [5.74, 6) is -0.938. The maximum Gasteiger partial charge on any atom is 0.303 e. The largest absolute Gasteiger partial charge is 0.481 e. The molecule has 0 aromatic rings. The van der Waals surface area contributed by atoms with Gasteiger partial charge in [0.15, 0.2) is 0 Å². The van der Waals surface area contributed by atoms with E-state index < -0.39 is 5.97 Å². The van der Waals surface area contributed by atoms with Gasteiger partial charge in [-0.2, -0.15) is 0 Å². The Morgan fingerprint density at radius 1 is 1.20 bits per heavy atom. The van der Waals surface area contributed by atoms with E-state index in [-0.39, 0.29) is 31.2 Å². The Labute approximate surface area is 89.0 Å². The van der Waals surface area contributed by atoms with Crippen LogP contribution in [0, 0.1) is 0 Å². The molecule has 0 spiro atoms. The second-order valence-corrected chi connectivity index (χ2v) is 2.76. The first-order chi connectivity index (χ1) is 6.93. The molecule has 0 aromatic carbocycles. The second-order valence-electron chi connectivity index (χ2n) is 2.76. The molecule has 0 fully saturated rings. The van der Waals surface area contributed by atoms with E-state index in [1.54, 1.807) is 14.0 Å². The fourth-order valence-corrected chi connectivity index (χ4v) is 0.446. The van der Waals surface area contributed by atoms with Crippen LogP contribution in [0.15, 0.2) is 0 Å². The lowest BCUT2D eigenvalue weighted by Gasteiger charge is -1.99. The van der Waals surface area contributed by atoms with Crippen molar-refractivity contribution in [1.29, 1.82) is 0 Å². The van der Waals surface area contributed by atoms with Crippen LogP contribution in [0.25, 0.3) is 0 Å². The number of rotatable bonds is 5. The summed E-state index contributed by atoms with van der Waals surface area (Å²) >= 11 is 0. The summed E-state index contributed by atoms with van der Waals surface area (Å²) in [6.07, 6.45) is 0.222. The second kappa shape index (κ2) is 10.6. The van der Waals surface area contributed by atoms with Gasteiger partial charge >= 0.3 is 5.97 Å². The van der Waals surface area contributed by atoms with Crippen molar-refractivity contribution in [2.75, 3.05) is 20.1 Å². The van der Waals surface area contributed by atoms with Gasteiger partial charge in [0.05, 0.1) is 13.1 Å². The van der Waals surface area contributed by atoms with Crippen LogP contribution in [0.5, 0.6) is 0 Å². The van der Waals surface area contributed by atoms with Crippen LogP contribution >= 0.6 is 0 Å². The molecule has 0 radical (unpaired) electrons. The van der Waals surface area contributed by atoms with Gasteiger partial charge in [-0.1, -0.05) is 6.92 Å². The van der Waals surface area contributed by atoms with E-state index in [1.807, 2.05) is 0 Å². The lowest BCUT2D eigenvalue weighted by molar-refractivity contribution is -0.136. The smallest absolute Gasteiger partial charge is 0.303 e. The molecular formula is C9H18N2O4. The average Bonchev–Trinajstić information content (AvgIpc) is 2.16. The maximum absolute atomic E-state index is 10.6. The Bertz CT molecular complexity index is 216. The van der Waals surface area contributed by atoms with Crippen molar-refractivity contribution in [2.24, 2.45) is 0 Å². The first kappa shape index (κ1) is 16.0. The highest BCUT2D eigenvalue weighted by Crippen LogP contribution is 1.67. The van der Waals surface area contributed by atoms with Crippen molar-refractivity contribution in [1.82, 2.24) is 10.6 Å². The molecule has 0 rings (SSSR count).